The zero-order valence-corrected chi connectivity index (χ0v) is 16.6. The second-order valence-corrected chi connectivity index (χ2v) is 7.14. The van der Waals surface area contributed by atoms with E-state index in [4.69, 9.17) is 11.6 Å². The van der Waals surface area contributed by atoms with Crippen molar-refractivity contribution in [3.63, 3.8) is 0 Å². The molecule has 2 amide bonds. The number of esters is 1. The Morgan fingerprint density at radius 3 is 2.72 bits per heavy atom. The molecule has 1 aliphatic rings. The van der Waals surface area contributed by atoms with Gasteiger partial charge >= 0.3 is 5.97 Å². The summed E-state index contributed by atoms with van der Waals surface area (Å²) in [5.41, 5.74) is 1.15. The molecule has 1 heterocycles. The molecule has 2 aromatic carbocycles. The molecule has 0 aliphatic carbocycles. The molecule has 1 fully saturated rings. The topological polar surface area (TPSA) is 109 Å². The number of azo groups is 1. The first kappa shape index (κ1) is 20.6. The average molecular weight is 432 g/mol. The Morgan fingerprint density at radius 2 is 2.00 bits per heavy atom. The van der Waals surface area contributed by atoms with Gasteiger partial charge in [-0.2, -0.15) is 5.11 Å². The maximum Gasteiger partial charge on any atom is 0.325 e. The molecule has 2 aromatic rings. The summed E-state index contributed by atoms with van der Waals surface area (Å²) in [4.78, 5) is 36.6. The minimum Gasteiger partial charge on any atom is -0.507 e. The van der Waals surface area contributed by atoms with Crippen LogP contribution in [0.15, 0.2) is 57.6 Å². The number of halogens is 1. The van der Waals surface area contributed by atoms with Crippen LogP contribution >= 0.6 is 23.4 Å². The van der Waals surface area contributed by atoms with E-state index in [0.717, 1.165) is 12.0 Å². The lowest BCUT2D eigenvalue weighted by Crippen LogP contribution is -2.34. The fraction of sp³-hybridized carbons (Fsp3) is 0.105. The van der Waals surface area contributed by atoms with Crippen LogP contribution in [0.5, 0.6) is 5.75 Å². The number of rotatable bonds is 5. The number of carbonyl (C=O) groups excluding carboxylic acids is 3. The number of phenols is 1. The number of imide groups is 1. The number of methoxy groups -OCH3 is 1. The van der Waals surface area contributed by atoms with E-state index in [1.54, 1.807) is 24.3 Å². The first-order chi connectivity index (χ1) is 13.9. The van der Waals surface area contributed by atoms with E-state index in [9.17, 15) is 19.5 Å². The number of amides is 2. The molecule has 1 saturated heterocycles. The van der Waals surface area contributed by atoms with Gasteiger partial charge in [0.15, 0.2) is 0 Å². The maximum atomic E-state index is 12.4. The molecule has 0 radical (unpaired) electrons. The molecule has 0 spiro atoms. The molecule has 1 N–H and O–H groups in total. The molecule has 0 saturated carbocycles. The molecule has 0 atom stereocenters. The van der Waals surface area contributed by atoms with Crippen molar-refractivity contribution in [2.75, 3.05) is 13.7 Å². The van der Waals surface area contributed by atoms with Crippen LogP contribution in [0.4, 0.5) is 16.2 Å². The van der Waals surface area contributed by atoms with Crippen LogP contribution in [0, 0.1) is 0 Å². The first-order valence-corrected chi connectivity index (χ1v) is 9.40. The van der Waals surface area contributed by atoms with Gasteiger partial charge in [-0.25, -0.2) is 0 Å². The maximum absolute atomic E-state index is 12.4. The van der Waals surface area contributed by atoms with Crippen molar-refractivity contribution in [2.45, 2.75) is 0 Å². The van der Waals surface area contributed by atoms with Gasteiger partial charge < -0.3 is 9.84 Å². The minimum absolute atomic E-state index is 0.0643. The van der Waals surface area contributed by atoms with Gasteiger partial charge in [0.05, 0.1) is 22.7 Å². The SMILES string of the molecule is COC(=O)CN1C(=O)S/C(=C\c2cc(N=Nc3ccccc3Cl)ccc2O)C1=O. The number of phenolic OH excluding ortho intramolecular Hbond substituents is 1. The lowest BCUT2D eigenvalue weighted by molar-refractivity contribution is -0.143. The summed E-state index contributed by atoms with van der Waals surface area (Å²) in [6.45, 7) is -0.476. The van der Waals surface area contributed by atoms with Gasteiger partial charge in [-0.15, -0.1) is 5.11 Å². The summed E-state index contributed by atoms with van der Waals surface area (Å²) >= 11 is 6.70. The van der Waals surface area contributed by atoms with Crippen LogP contribution in [-0.2, 0) is 14.3 Å². The van der Waals surface area contributed by atoms with Crippen molar-refractivity contribution in [1.29, 1.82) is 0 Å². The van der Waals surface area contributed by atoms with Crippen molar-refractivity contribution in [3.05, 3.63) is 58.0 Å². The highest BCUT2D eigenvalue weighted by Crippen LogP contribution is 2.35. The second-order valence-electron chi connectivity index (χ2n) is 5.74. The largest absolute Gasteiger partial charge is 0.507 e. The third-order valence-corrected chi connectivity index (χ3v) is 5.04. The molecule has 148 valence electrons. The Balaban J connectivity index is 1.85. The quantitative estimate of drug-likeness (QED) is 0.418. The van der Waals surface area contributed by atoms with E-state index in [0.29, 0.717) is 28.2 Å². The summed E-state index contributed by atoms with van der Waals surface area (Å²) in [5, 5.41) is 18.1. The monoisotopic (exact) mass is 431 g/mol. The normalized spacial score (nSPS) is 15.5. The predicted octanol–water partition coefficient (Wildman–Crippen LogP) is 4.67. The van der Waals surface area contributed by atoms with Crippen LogP contribution in [0.25, 0.3) is 6.08 Å². The summed E-state index contributed by atoms with van der Waals surface area (Å²) < 4.78 is 4.48. The summed E-state index contributed by atoms with van der Waals surface area (Å²) in [6, 6.07) is 11.4. The number of thioether (sulfide) groups is 1. The van der Waals surface area contributed by atoms with Crippen molar-refractivity contribution >= 4 is 57.9 Å². The number of carbonyl (C=O) groups is 3. The third-order valence-electron chi connectivity index (χ3n) is 3.81. The smallest absolute Gasteiger partial charge is 0.325 e. The molecule has 0 bridgehead atoms. The van der Waals surface area contributed by atoms with Gasteiger partial charge in [-0.3, -0.25) is 19.3 Å². The van der Waals surface area contributed by atoms with Crippen molar-refractivity contribution in [3.8, 4) is 5.75 Å². The fourth-order valence-electron chi connectivity index (χ4n) is 2.34. The average Bonchev–Trinajstić information content (AvgIpc) is 2.96. The van der Waals surface area contributed by atoms with Crippen molar-refractivity contribution in [1.82, 2.24) is 4.90 Å². The third kappa shape index (κ3) is 4.82. The molecule has 3 rings (SSSR count). The predicted molar refractivity (Wildman–Crippen MR) is 108 cm³/mol. The van der Waals surface area contributed by atoms with Gasteiger partial charge in [0, 0.05) is 5.56 Å². The minimum atomic E-state index is -0.710. The molecule has 29 heavy (non-hydrogen) atoms. The number of aromatic hydroxyl groups is 1. The van der Waals surface area contributed by atoms with Crippen LogP contribution < -0.4 is 0 Å². The number of ether oxygens (including phenoxy) is 1. The highest BCUT2D eigenvalue weighted by molar-refractivity contribution is 8.18. The van der Waals surface area contributed by atoms with Crippen molar-refractivity contribution in [2.24, 2.45) is 10.2 Å². The highest BCUT2D eigenvalue weighted by Gasteiger charge is 2.36. The Hall–Kier alpha value is -3.17. The summed E-state index contributed by atoms with van der Waals surface area (Å²) in [6.07, 6.45) is 1.35. The summed E-state index contributed by atoms with van der Waals surface area (Å²) in [5.74, 6) is -1.47. The van der Waals surface area contributed by atoms with E-state index in [1.807, 2.05) is 0 Å². The molecule has 0 aromatic heterocycles. The van der Waals surface area contributed by atoms with Gasteiger partial charge in [-0.05, 0) is 48.2 Å². The van der Waals surface area contributed by atoms with Gasteiger partial charge in [0.2, 0.25) is 0 Å². The molecule has 10 heteroatoms. The van der Waals surface area contributed by atoms with Crippen LogP contribution in [0.3, 0.4) is 0 Å². The van der Waals surface area contributed by atoms with Gasteiger partial charge in [0.25, 0.3) is 11.1 Å². The number of hydrogen-bond donors (Lipinski definition) is 1. The Morgan fingerprint density at radius 1 is 1.24 bits per heavy atom. The van der Waals surface area contributed by atoms with Crippen LogP contribution in [0.2, 0.25) is 5.02 Å². The van der Waals surface area contributed by atoms with E-state index >= 15 is 0 Å². The lowest BCUT2D eigenvalue weighted by Gasteiger charge is -2.09. The first-order valence-electron chi connectivity index (χ1n) is 8.20. The number of hydrogen-bond acceptors (Lipinski definition) is 8. The molecule has 1 aliphatic heterocycles. The molecule has 8 nitrogen and oxygen atoms in total. The van der Waals surface area contributed by atoms with E-state index in [2.05, 4.69) is 15.0 Å². The van der Waals surface area contributed by atoms with Crippen molar-refractivity contribution < 1.29 is 24.2 Å². The Bertz CT molecular complexity index is 1050. The number of nitrogens with zero attached hydrogens (tertiary/aromatic N) is 3. The van der Waals surface area contributed by atoms with Crippen LogP contribution in [-0.4, -0.2) is 40.8 Å². The van der Waals surface area contributed by atoms with E-state index < -0.39 is 23.7 Å². The van der Waals surface area contributed by atoms with E-state index in [1.165, 1.54) is 24.3 Å². The van der Waals surface area contributed by atoms with E-state index in [-0.39, 0.29) is 16.2 Å². The lowest BCUT2D eigenvalue weighted by atomic mass is 10.1. The molecular weight excluding hydrogens is 418 g/mol. The zero-order chi connectivity index (χ0) is 21.0. The Labute approximate surface area is 174 Å². The van der Waals surface area contributed by atoms with Gasteiger partial charge in [-0.1, -0.05) is 23.7 Å². The van der Waals surface area contributed by atoms with Gasteiger partial charge in [0.1, 0.15) is 18.0 Å². The zero-order valence-electron chi connectivity index (χ0n) is 15.0. The molecule has 0 unspecified atom stereocenters. The highest BCUT2D eigenvalue weighted by atomic mass is 35.5. The second kappa shape index (κ2) is 8.89. The Kier molecular flexibility index (Phi) is 6.30. The standard InChI is InChI=1S/C19H14ClN3O5S/c1-28-17(25)10-23-18(26)16(29-19(23)27)9-11-8-12(6-7-15(11)24)21-22-14-5-3-2-4-13(14)20/h2-9,24H,10H2,1H3/b16-9-,22-21?. The fourth-order valence-corrected chi connectivity index (χ4v) is 3.34. The summed E-state index contributed by atoms with van der Waals surface area (Å²) in [7, 11) is 1.16. The van der Waals surface area contributed by atoms with Crippen LogP contribution in [0.1, 0.15) is 5.56 Å². The number of benzene rings is 2. The molecular formula is C19H14ClN3O5S.